The van der Waals surface area contributed by atoms with E-state index in [0.29, 0.717) is 11.8 Å². The number of halogens is 2. The third-order valence-electron chi connectivity index (χ3n) is 9.03. The molecule has 0 saturated heterocycles. The van der Waals surface area contributed by atoms with Gasteiger partial charge in [0.25, 0.3) is 0 Å². The summed E-state index contributed by atoms with van der Waals surface area (Å²) >= 11 is 0. The molecule has 0 unspecified atom stereocenters. The number of hydrogen-bond acceptors (Lipinski definition) is 0. The standard InChI is InChI=1S/2C23H27.C3H6.2ClH.Hf/c2*1-16(2)13-17-14-19-7-6-8-21(22(19)15-17)18-9-11-20(12-10-18)23(3,4)5;1-3-2;;;/h2*6-12,14-16H,13H2,1-5H3;1-3H2;2*1H;/q2*-1;-2;;;/p-2. The molecule has 52 heavy (non-hydrogen) atoms. The van der Waals surface area contributed by atoms with Crippen LogP contribution in [0.25, 0.3) is 43.8 Å². The van der Waals surface area contributed by atoms with Gasteiger partial charge < -0.3 is 45.1 Å². The fraction of sp³-hybridized carbons (Fsp3) is 0.347. The molecule has 0 aromatic heterocycles. The molecule has 0 radical (unpaired) electrons. The fourth-order valence-corrected chi connectivity index (χ4v) is 6.58. The van der Waals surface area contributed by atoms with Crippen LogP contribution in [0.2, 0.25) is 0 Å². The zero-order chi connectivity index (χ0) is 35.9. The zero-order valence-corrected chi connectivity index (χ0v) is 38.4. The molecule has 6 aromatic carbocycles. The Bertz CT molecular complexity index is 1760. The Kier molecular flexibility index (Phi) is 19.1. The minimum atomic E-state index is 0. The van der Waals surface area contributed by atoms with Gasteiger partial charge in [-0.15, -0.1) is 69.1 Å². The van der Waals surface area contributed by atoms with Crippen molar-refractivity contribution >= 4 is 21.5 Å². The van der Waals surface area contributed by atoms with Crippen molar-refractivity contribution in [2.45, 2.75) is 99.3 Å². The van der Waals surface area contributed by atoms with Gasteiger partial charge in [0.2, 0.25) is 0 Å². The van der Waals surface area contributed by atoms with Crippen LogP contribution in [-0.4, -0.2) is 0 Å². The molecule has 0 heterocycles. The van der Waals surface area contributed by atoms with Crippen molar-refractivity contribution < 1.29 is 50.7 Å². The van der Waals surface area contributed by atoms with Crippen LogP contribution >= 0.6 is 0 Å². The van der Waals surface area contributed by atoms with Crippen molar-refractivity contribution in [1.82, 2.24) is 0 Å². The van der Waals surface area contributed by atoms with E-state index in [1.807, 2.05) is 0 Å². The Balaban J connectivity index is 0.000000459. The summed E-state index contributed by atoms with van der Waals surface area (Å²) in [6.07, 6.45) is 3.05. The summed E-state index contributed by atoms with van der Waals surface area (Å²) in [7, 11) is 0. The van der Waals surface area contributed by atoms with Crippen LogP contribution in [0, 0.1) is 25.7 Å². The maximum absolute atomic E-state index is 3.38. The molecule has 0 nitrogen and oxygen atoms in total. The number of benzene rings is 4. The third kappa shape index (κ3) is 12.8. The maximum atomic E-state index is 3.38. The van der Waals surface area contributed by atoms with E-state index in [1.165, 1.54) is 66.1 Å². The van der Waals surface area contributed by atoms with Crippen LogP contribution in [0.4, 0.5) is 0 Å². The first kappa shape index (κ1) is 47.6. The molecule has 0 bridgehead atoms. The van der Waals surface area contributed by atoms with Crippen LogP contribution in [0.1, 0.15) is 97.9 Å². The Morgan fingerprint density at radius 1 is 0.519 bits per heavy atom. The molecule has 0 fully saturated rings. The second kappa shape index (κ2) is 20.9. The average Bonchev–Trinajstić information content (AvgIpc) is 3.63. The van der Waals surface area contributed by atoms with E-state index >= 15 is 0 Å². The van der Waals surface area contributed by atoms with Gasteiger partial charge >= 0.3 is 0 Å². The van der Waals surface area contributed by atoms with E-state index in [9.17, 15) is 0 Å². The van der Waals surface area contributed by atoms with Crippen molar-refractivity contribution in [1.29, 1.82) is 0 Å². The molecule has 6 rings (SSSR count). The molecule has 6 aromatic rings. The van der Waals surface area contributed by atoms with Crippen molar-refractivity contribution in [3.63, 3.8) is 0 Å². The molecule has 280 valence electrons. The maximum Gasteiger partial charge on any atom is 0 e. The number of hydrogen-bond donors (Lipinski definition) is 0. The zero-order valence-electron chi connectivity index (χ0n) is 33.3. The van der Waals surface area contributed by atoms with Crippen LogP contribution in [0.15, 0.2) is 109 Å². The summed E-state index contributed by atoms with van der Waals surface area (Å²) in [6.45, 7) is 29.4. The van der Waals surface area contributed by atoms with Gasteiger partial charge in [-0.2, -0.15) is 12.1 Å². The predicted octanol–water partition coefficient (Wildman–Crippen LogP) is 8.49. The molecule has 0 N–H and O–H groups in total. The van der Waals surface area contributed by atoms with Crippen molar-refractivity contribution in [2.75, 3.05) is 0 Å². The van der Waals surface area contributed by atoms with Crippen molar-refractivity contribution in [2.24, 2.45) is 11.8 Å². The van der Waals surface area contributed by atoms with E-state index in [1.54, 1.807) is 0 Å². The molecule has 0 spiro atoms. The van der Waals surface area contributed by atoms with Gasteiger partial charge in [-0.1, -0.05) is 141 Å². The van der Waals surface area contributed by atoms with Crippen molar-refractivity contribution in [3.8, 4) is 22.3 Å². The van der Waals surface area contributed by atoms with Gasteiger partial charge in [-0.05, 0) is 57.8 Å². The van der Waals surface area contributed by atoms with Gasteiger partial charge in [0.1, 0.15) is 0 Å². The molecule has 0 aliphatic carbocycles. The minimum Gasteiger partial charge on any atom is -1.00 e. The summed E-state index contributed by atoms with van der Waals surface area (Å²) in [5.41, 5.74) is 11.4. The van der Waals surface area contributed by atoms with Crippen LogP contribution in [0.3, 0.4) is 0 Å². The number of fused-ring (bicyclic) bond motifs is 2. The molecule has 0 atom stereocenters. The minimum absolute atomic E-state index is 0. The van der Waals surface area contributed by atoms with E-state index in [-0.39, 0.29) is 61.5 Å². The molecule has 0 amide bonds. The van der Waals surface area contributed by atoms with Gasteiger partial charge in [0.15, 0.2) is 0 Å². The quantitative estimate of drug-likeness (QED) is 0.116. The summed E-state index contributed by atoms with van der Waals surface area (Å²) in [4.78, 5) is 0. The first-order valence-electron chi connectivity index (χ1n) is 18.3. The second-order valence-electron chi connectivity index (χ2n) is 16.5. The van der Waals surface area contributed by atoms with Crippen LogP contribution in [0.5, 0.6) is 0 Å². The Morgan fingerprint density at radius 3 is 1.10 bits per heavy atom. The first-order chi connectivity index (χ1) is 23.1. The SMILES string of the molecule is CC(C)Cc1cc2c(-c3ccc(C(C)(C)C)cc3)cccc2[cH-]1.CC(C)Cc1cc2c(-c3ccc(C(C)(C)C)cc3)cccc2[cH-]1.[CH2-]C[CH2-].[Cl-].[Cl-].[Hf]. The molecular weight excluding hydrogens is 838 g/mol. The monoisotopic (exact) mass is 898 g/mol. The van der Waals surface area contributed by atoms with Crippen LogP contribution in [-0.2, 0) is 49.5 Å². The molecule has 0 aliphatic rings. The molecule has 3 heteroatoms. The average molecular weight is 898 g/mol. The molecule has 0 saturated carbocycles. The normalized spacial score (nSPS) is 11.2. The first-order valence-corrected chi connectivity index (χ1v) is 18.3. The second-order valence-corrected chi connectivity index (χ2v) is 16.5. The third-order valence-corrected chi connectivity index (χ3v) is 9.03. The summed E-state index contributed by atoms with van der Waals surface area (Å²) < 4.78 is 0. The molecular formula is C49H60Cl2Hf-6. The van der Waals surface area contributed by atoms with E-state index in [4.69, 9.17) is 0 Å². The smallest absolute Gasteiger partial charge is 0 e. The Hall–Kier alpha value is -2.45. The fourth-order valence-electron chi connectivity index (χ4n) is 6.58. The van der Waals surface area contributed by atoms with Crippen LogP contribution < -0.4 is 24.8 Å². The van der Waals surface area contributed by atoms with E-state index in [0.717, 1.165) is 19.3 Å². The van der Waals surface area contributed by atoms with Crippen molar-refractivity contribution in [3.05, 3.63) is 145 Å². The van der Waals surface area contributed by atoms with Gasteiger partial charge in [-0.3, -0.25) is 0 Å². The Morgan fingerprint density at radius 2 is 0.827 bits per heavy atom. The largest absolute Gasteiger partial charge is 1.00 e. The van der Waals surface area contributed by atoms with Gasteiger partial charge in [-0.25, -0.2) is 0 Å². The van der Waals surface area contributed by atoms with Gasteiger partial charge in [0.05, 0.1) is 0 Å². The Labute approximate surface area is 348 Å². The summed E-state index contributed by atoms with van der Waals surface area (Å²) in [5.74, 6) is 1.39. The van der Waals surface area contributed by atoms with E-state index in [2.05, 4.69) is 192 Å². The van der Waals surface area contributed by atoms with E-state index < -0.39 is 0 Å². The summed E-state index contributed by atoms with van der Waals surface area (Å²) in [6, 6.07) is 40.9. The van der Waals surface area contributed by atoms with Gasteiger partial charge in [0, 0.05) is 25.8 Å². The summed E-state index contributed by atoms with van der Waals surface area (Å²) in [5, 5.41) is 5.48. The number of rotatable bonds is 6. The molecule has 0 aliphatic heterocycles. The predicted molar refractivity (Wildman–Crippen MR) is 220 cm³/mol. The topological polar surface area (TPSA) is 0 Å².